The fourth-order valence-electron chi connectivity index (χ4n) is 2.00. The van der Waals surface area contributed by atoms with Crippen LogP contribution in [0.1, 0.15) is 19.8 Å². The van der Waals surface area contributed by atoms with Crippen LogP contribution in [0.3, 0.4) is 0 Å². The highest BCUT2D eigenvalue weighted by atomic mass is 79.9. The van der Waals surface area contributed by atoms with E-state index in [2.05, 4.69) is 51.3 Å². The van der Waals surface area contributed by atoms with Gasteiger partial charge in [0.2, 0.25) is 0 Å². The minimum absolute atomic E-state index is 0.985. The molecule has 1 N–H and O–H groups in total. The minimum Gasteiger partial charge on any atom is -0.383 e. The van der Waals surface area contributed by atoms with Gasteiger partial charge in [-0.2, -0.15) is 0 Å². The SMILES string of the molecule is CCN(CCNc1ccccc1Br)CC1CC1. The molecule has 1 fully saturated rings. The van der Waals surface area contributed by atoms with Crippen LogP contribution in [0.4, 0.5) is 5.69 Å². The van der Waals surface area contributed by atoms with Gasteiger partial charge in [0.15, 0.2) is 0 Å². The summed E-state index contributed by atoms with van der Waals surface area (Å²) in [5, 5.41) is 3.48. The average Bonchev–Trinajstić information content (AvgIpc) is 3.14. The minimum atomic E-state index is 0.985. The second kappa shape index (κ2) is 6.41. The van der Waals surface area contributed by atoms with Crippen LogP contribution in [-0.4, -0.2) is 31.1 Å². The molecule has 1 aromatic rings. The van der Waals surface area contributed by atoms with Gasteiger partial charge in [-0.05, 0) is 53.4 Å². The van der Waals surface area contributed by atoms with Crippen molar-refractivity contribution in [3.05, 3.63) is 28.7 Å². The molecule has 0 bridgehead atoms. The first kappa shape index (κ1) is 12.9. The third kappa shape index (κ3) is 4.32. The normalized spacial score (nSPS) is 15.2. The summed E-state index contributed by atoms with van der Waals surface area (Å²) < 4.78 is 1.14. The van der Waals surface area contributed by atoms with Crippen molar-refractivity contribution in [2.24, 2.45) is 5.92 Å². The summed E-state index contributed by atoms with van der Waals surface area (Å²) >= 11 is 3.55. The molecule has 0 unspecified atom stereocenters. The summed E-state index contributed by atoms with van der Waals surface area (Å²) in [5.74, 6) is 0.985. The Hall–Kier alpha value is -0.540. The molecule has 2 rings (SSSR count). The summed E-state index contributed by atoms with van der Waals surface area (Å²) in [5.41, 5.74) is 1.19. The van der Waals surface area contributed by atoms with Crippen LogP contribution in [0, 0.1) is 5.92 Å². The summed E-state index contributed by atoms with van der Waals surface area (Å²) in [4.78, 5) is 2.54. The van der Waals surface area contributed by atoms with E-state index in [9.17, 15) is 0 Å². The maximum absolute atomic E-state index is 3.55. The van der Waals surface area contributed by atoms with E-state index >= 15 is 0 Å². The van der Waals surface area contributed by atoms with Crippen LogP contribution in [0.25, 0.3) is 0 Å². The Morgan fingerprint density at radius 2 is 2.12 bits per heavy atom. The fourth-order valence-corrected chi connectivity index (χ4v) is 2.42. The van der Waals surface area contributed by atoms with Crippen LogP contribution < -0.4 is 5.32 Å². The molecular weight excluding hydrogens is 276 g/mol. The van der Waals surface area contributed by atoms with Gasteiger partial charge in [-0.3, -0.25) is 0 Å². The molecule has 1 aromatic carbocycles. The third-order valence-electron chi connectivity index (χ3n) is 3.28. The Morgan fingerprint density at radius 1 is 1.35 bits per heavy atom. The zero-order chi connectivity index (χ0) is 12.1. The van der Waals surface area contributed by atoms with E-state index in [1.807, 2.05) is 6.07 Å². The molecule has 0 spiro atoms. The highest BCUT2D eigenvalue weighted by Crippen LogP contribution is 2.29. The average molecular weight is 297 g/mol. The molecule has 0 saturated heterocycles. The second-order valence-electron chi connectivity index (χ2n) is 4.74. The van der Waals surface area contributed by atoms with E-state index in [4.69, 9.17) is 0 Å². The van der Waals surface area contributed by atoms with Crippen LogP contribution >= 0.6 is 15.9 Å². The number of rotatable bonds is 7. The van der Waals surface area contributed by atoms with Gasteiger partial charge in [-0.15, -0.1) is 0 Å². The van der Waals surface area contributed by atoms with Crippen molar-refractivity contribution in [3.63, 3.8) is 0 Å². The second-order valence-corrected chi connectivity index (χ2v) is 5.60. The fraction of sp³-hybridized carbons (Fsp3) is 0.571. The number of hydrogen-bond donors (Lipinski definition) is 1. The number of para-hydroxylation sites is 1. The standard InChI is InChI=1S/C14H21BrN2/c1-2-17(11-12-7-8-12)10-9-16-14-6-4-3-5-13(14)15/h3-6,12,16H,2,7-11H2,1H3. The monoisotopic (exact) mass is 296 g/mol. The number of halogens is 1. The molecule has 17 heavy (non-hydrogen) atoms. The Morgan fingerprint density at radius 3 is 2.76 bits per heavy atom. The Kier molecular flexibility index (Phi) is 4.86. The lowest BCUT2D eigenvalue weighted by atomic mass is 10.3. The lowest BCUT2D eigenvalue weighted by Gasteiger charge is -2.20. The summed E-state index contributed by atoms with van der Waals surface area (Å²) in [6.07, 6.45) is 2.88. The number of nitrogens with one attached hydrogen (secondary N) is 1. The highest BCUT2D eigenvalue weighted by molar-refractivity contribution is 9.10. The third-order valence-corrected chi connectivity index (χ3v) is 3.97. The molecule has 0 radical (unpaired) electrons. The number of anilines is 1. The quantitative estimate of drug-likeness (QED) is 0.827. The van der Waals surface area contributed by atoms with E-state index in [-0.39, 0.29) is 0 Å². The Bertz CT molecular complexity index is 350. The maximum atomic E-state index is 3.55. The molecule has 0 aliphatic heterocycles. The van der Waals surface area contributed by atoms with Crippen molar-refractivity contribution in [1.82, 2.24) is 4.90 Å². The topological polar surface area (TPSA) is 15.3 Å². The van der Waals surface area contributed by atoms with Crippen molar-refractivity contribution in [1.29, 1.82) is 0 Å². The lowest BCUT2D eigenvalue weighted by Crippen LogP contribution is -2.30. The van der Waals surface area contributed by atoms with Crippen molar-refractivity contribution in [2.75, 3.05) is 31.5 Å². The molecule has 1 aliphatic carbocycles. The highest BCUT2D eigenvalue weighted by Gasteiger charge is 2.23. The van der Waals surface area contributed by atoms with E-state index in [0.29, 0.717) is 0 Å². The molecule has 2 nitrogen and oxygen atoms in total. The summed E-state index contributed by atoms with van der Waals surface area (Å²) in [7, 11) is 0. The number of benzene rings is 1. The van der Waals surface area contributed by atoms with E-state index in [1.165, 1.54) is 25.1 Å². The van der Waals surface area contributed by atoms with Gasteiger partial charge >= 0.3 is 0 Å². The predicted octanol–water partition coefficient (Wildman–Crippen LogP) is 3.59. The summed E-state index contributed by atoms with van der Waals surface area (Å²) in [6.45, 7) is 6.85. The molecule has 1 aliphatic rings. The molecule has 0 atom stereocenters. The van der Waals surface area contributed by atoms with Crippen LogP contribution in [0.15, 0.2) is 28.7 Å². The maximum Gasteiger partial charge on any atom is 0.0485 e. The van der Waals surface area contributed by atoms with Crippen LogP contribution in [0.2, 0.25) is 0 Å². The van der Waals surface area contributed by atoms with Crippen molar-refractivity contribution < 1.29 is 0 Å². The number of likely N-dealkylation sites (N-methyl/N-ethyl adjacent to an activating group) is 1. The van der Waals surface area contributed by atoms with Crippen molar-refractivity contribution in [2.45, 2.75) is 19.8 Å². The summed E-state index contributed by atoms with van der Waals surface area (Å²) in [6, 6.07) is 8.29. The Labute approximate surface area is 113 Å². The first-order valence-electron chi connectivity index (χ1n) is 6.50. The zero-order valence-corrected chi connectivity index (χ0v) is 12.0. The molecule has 1 saturated carbocycles. The van der Waals surface area contributed by atoms with Gasteiger partial charge in [0.05, 0.1) is 0 Å². The molecule has 0 amide bonds. The first-order valence-corrected chi connectivity index (χ1v) is 7.29. The van der Waals surface area contributed by atoms with Gasteiger partial charge in [0.1, 0.15) is 0 Å². The first-order chi connectivity index (χ1) is 8.29. The molecule has 94 valence electrons. The van der Waals surface area contributed by atoms with Gasteiger partial charge < -0.3 is 10.2 Å². The van der Waals surface area contributed by atoms with E-state index in [1.54, 1.807) is 0 Å². The van der Waals surface area contributed by atoms with Crippen molar-refractivity contribution >= 4 is 21.6 Å². The smallest absolute Gasteiger partial charge is 0.0485 e. The van der Waals surface area contributed by atoms with Crippen LogP contribution in [0.5, 0.6) is 0 Å². The van der Waals surface area contributed by atoms with Crippen LogP contribution in [-0.2, 0) is 0 Å². The Balaban J connectivity index is 1.72. The largest absolute Gasteiger partial charge is 0.383 e. The zero-order valence-electron chi connectivity index (χ0n) is 10.5. The molecule has 3 heteroatoms. The number of hydrogen-bond acceptors (Lipinski definition) is 2. The van der Waals surface area contributed by atoms with Gasteiger partial charge in [0.25, 0.3) is 0 Å². The molecule has 0 aromatic heterocycles. The molecule has 0 heterocycles. The van der Waals surface area contributed by atoms with Gasteiger partial charge in [-0.25, -0.2) is 0 Å². The van der Waals surface area contributed by atoms with Gasteiger partial charge in [-0.1, -0.05) is 19.1 Å². The van der Waals surface area contributed by atoms with E-state index < -0.39 is 0 Å². The predicted molar refractivity (Wildman–Crippen MR) is 77.5 cm³/mol. The van der Waals surface area contributed by atoms with Gasteiger partial charge in [0, 0.05) is 29.8 Å². The lowest BCUT2D eigenvalue weighted by molar-refractivity contribution is 0.287. The number of nitrogens with zero attached hydrogens (tertiary/aromatic N) is 1. The van der Waals surface area contributed by atoms with Crippen molar-refractivity contribution in [3.8, 4) is 0 Å². The molecular formula is C14H21BrN2. The van der Waals surface area contributed by atoms with E-state index in [0.717, 1.165) is 30.0 Å².